The standard InChI is InChI=1S/C14H23FN2/c1-4-6-11(2)17(3)10-13-8-5-7-12(9-16)14(13)15/h5,7-8,11H,4,6,9-10,16H2,1-3H3. The summed E-state index contributed by atoms with van der Waals surface area (Å²) in [5.74, 6) is -0.148. The number of halogens is 1. The zero-order chi connectivity index (χ0) is 12.8. The molecule has 0 aromatic heterocycles. The molecule has 0 aliphatic heterocycles. The fourth-order valence-corrected chi connectivity index (χ4v) is 1.98. The zero-order valence-corrected chi connectivity index (χ0v) is 11.0. The van der Waals surface area contributed by atoms with Gasteiger partial charge in [0.25, 0.3) is 0 Å². The quantitative estimate of drug-likeness (QED) is 0.825. The van der Waals surface area contributed by atoms with Crippen LogP contribution >= 0.6 is 0 Å². The number of hydrogen-bond acceptors (Lipinski definition) is 2. The van der Waals surface area contributed by atoms with Gasteiger partial charge in [0.1, 0.15) is 5.82 Å². The molecule has 0 saturated heterocycles. The lowest BCUT2D eigenvalue weighted by molar-refractivity contribution is 0.233. The number of rotatable bonds is 6. The zero-order valence-electron chi connectivity index (χ0n) is 11.0. The molecule has 2 nitrogen and oxygen atoms in total. The lowest BCUT2D eigenvalue weighted by Gasteiger charge is -2.24. The van der Waals surface area contributed by atoms with Crippen molar-refractivity contribution < 1.29 is 4.39 Å². The smallest absolute Gasteiger partial charge is 0.132 e. The van der Waals surface area contributed by atoms with Crippen molar-refractivity contribution in [1.29, 1.82) is 0 Å². The van der Waals surface area contributed by atoms with Gasteiger partial charge >= 0.3 is 0 Å². The third kappa shape index (κ3) is 3.79. The van der Waals surface area contributed by atoms with Crippen LogP contribution in [0.3, 0.4) is 0 Å². The number of benzene rings is 1. The molecule has 0 bridgehead atoms. The summed E-state index contributed by atoms with van der Waals surface area (Å²) in [6, 6.07) is 5.93. The molecule has 1 aromatic carbocycles. The molecular formula is C14H23FN2. The second kappa shape index (κ2) is 6.72. The van der Waals surface area contributed by atoms with E-state index in [1.165, 1.54) is 0 Å². The maximum absolute atomic E-state index is 14.0. The molecule has 1 aromatic rings. The lowest BCUT2D eigenvalue weighted by Crippen LogP contribution is -2.28. The predicted octanol–water partition coefficient (Wildman–Crippen LogP) is 2.90. The first-order valence-corrected chi connectivity index (χ1v) is 6.26. The molecule has 0 saturated carbocycles. The van der Waals surface area contributed by atoms with Crippen LogP contribution in [0, 0.1) is 5.82 Å². The van der Waals surface area contributed by atoms with Crippen molar-refractivity contribution in [2.24, 2.45) is 5.73 Å². The third-order valence-corrected chi connectivity index (χ3v) is 3.26. The van der Waals surface area contributed by atoms with Crippen molar-refractivity contribution in [2.75, 3.05) is 7.05 Å². The Bertz CT molecular complexity index is 352. The highest BCUT2D eigenvalue weighted by Gasteiger charge is 2.12. The van der Waals surface area contributed by atoms with Crippen LogP contribution in [-0.2, 0) is 13.1 Å². The molecule has 0 amide bonds. The fourth-order valence-electron chi connectivity index (χ4n) is 1.98. The minimum Gasteiger partial charge on any atom is -0.326 e. The summed E-state index contributed by atoms with van der Waals surface area (Å²) in [4.78, 5) is 2.18. The average molecular weight is 238 g/mol. The normalized spacial score (nSPS) is 13.1. The Morgan fingerprint density at radius 1 is 1.35 bits per heavy atom. The van der Waals surface area contributed by atoms with Crippen molar-refractivity contribution in [3.63, 3.8) is 0 Å². The first kappa shape index (κ1) is 14.1. The van der Waals surface area contributed by atoms with Gasteiger partial charge in [-0.1, -0.05) is 31.5 Å². The topological polar surface area (TPSA) is 29.3 Å². The van der Waals surface area contributed by atoms with E-state index in [1.807, 2.05) is 19.2 Å². The number of nitrogens with two attached hydrogens (primary N) is 1. The Labute approximate surface area is 104 Å². The molecule has 1 atom stereocenters. The first-order valence-electron chi connectivity index (χ1n) is 6.26. The van der Waals surface area contributed by atoms with Gasteiger partial charge in [-0.15, -0.1) is 0 Å². The molecule has 0 aliphatic rings. The van der Waals surface area contributed by atoms with Gasteiger partial charge in [0.15, 0.2) is 0 Å². The maximum Gasteiger partial charge on any atom is 0.132 e. The molecule has 1 rings (SSSR count). The minimum atomic E-state index is -0.148. The molecule has 0 aliphatic carbocycles. The van der Waals surface area contributed by atoms with Crippen LogP contribution < -0.4 is 5.73 Å². The van der Waals surface area contributed by atoms with Crippen LogP contribution in [0.15, 0.2) is 18.2 Å². The third-order valence-electron chi connectivity index (χ3n) is 3.26. The van der Waals surface area contributed by atoms with Crippen LogP contribution in [0.1, 0.15) is 37.8 Å². The van der Waals surface area contributed by atoms with E-state index in [9.17, 15) is 4.39 Å². The van der Waals surface area contributed by atoms with Gasteiger partial charge in [-0.2, -0.15) is 0 Å². The summed E-state index contributed by atoms with van der Waals surface area (Å²) in [6.45, 7) is 5.24. The summed E-state index contributed by atoms with van der Waals surface area (Å²) in [6.07, 6.45) is 2.28. The van der Waals surface area contributed by atoms with E-state index in [1.54, 1.807) is 6.07 Å². The van der Waals surface area contributed by atoms with Gasteiger partial charge < -0.3 is 5.73 Å². The van der Waals surface area contributed by atoms with E-state index >= 15 is 0 Å². The van der Waals surface area contributed by atoms with Gasteiger partial charge in [-0.25, -0.2) is 4.39 Å². The Hall–Kier alpha value is -0.930. The van der Waals surface area contributed by atoms with Gasteiger partial charge in [0, 0.05) is 30.3 Å². The first-order chi connectivity index (χ1) is 8.10. The van der Waals surface area contributed by atoms with Gasteiger partial charge in [0.05, 0.1) is 0 Å². The largest absolute Gasteiger partial charge is 0.326 e. The molecule has 0 radical (unpaired) electrons. The molecule has 3 heteroatoms. The number of hydrogen-bond donors (Lipinski definition) is 1. The molecule has 17 heavy (non-hydrogen) atoms. The second-order valence-electron chi connectivity index (χ2n) is 4.65. The lowest BCUT2D eigenvalue weighted by atomic mass is 10.1. The van der Waals surface area contributed by atoms with Crippen LogP contribution in [0.2, 0.25) is 0 Å². The molecule has 0 spiro atoms. The van der Waals surface area contributed by atoms with Crippen molar-refractivity contribution >= 4 is 0 Å². The predicted molar refractivity (Wildman–Crippen MR) is 70.1 cm³/mol. The fraction of sp³-hybridized carbons (Fsp3) is 0.571. The maximum atomic E-state index is 14.0. The molecular weight excluding hydrogens is 215 g/mol. The summed E-state index contributed by atoms with van der Waals surface area (Å²) in [5, 5.41) is 0. The van der Waals surface area contributed by atoms with Crippen LogP contribution in [0.25, 0.3) is 0 Å². The SMILES string of the molecule is CCCC(C)N(C)Cc1cccc(CN)c1F. The highest BCUT2D eigenvalue weighted by molar-refractivity contribution is 5.25. The van der Waals surface area contributed by atoms with Crippen molar-refractivity contribution in [3.05, 3.63) is 35.1 Å². The highest BCUT2D eigenvalue weighted by atomic mass is 19.1. The van der Waals surface area contributed by atoms with Gasteiger partial charge in [-0.3, -0.25) is 4.90 Å². The molecule has 1 unspecified atom stereocenters. The monoisotopic (exact) mass is 238 g/mol. The molecule has 2 N–H and O–H groups in total. The summed E-state index contributed by atoms with van der Waals surface area (Å²) in [5.41, 5.74) is 6.84. The molecule has 0 fully saturated rings. The van der Waals surface area contributed by atoms with E-state index in [0.29, 0.717) is 18.2 Å². The van der Waals surface area contributed by atoms with Crippen LogP contribution in [0.5, 0.6) is 0 Å². The van der Waals surface area contributed by atoms with E-state index < -0.39 is 0 Å². The molecule has 96 valence electrons. The summed E-state index contributed by atoms with van der Waals surface area (Å²) >= 11 is 0. The van der Waals surface area contributed by atoms with E-state index in [-0.39, 0.29) is 12.4 Å². The molecule has 0 heterocycles. The van der Waals surface area contributed by atoms with Gasteiger partial charge in [0.2, 0.25) is 0 Å². The summed E-state index contributed by atoms with van der Waals surface area (Å²) in [7, 11) is 2.04. The van der Waals surface area contributed by atoms with Crippen molar-refractivity contribution in [1.82, 2.24) is 4.90 Å². The Morgan fingerprint density at radius 2 is 2.00 bits per heavy atom. The highest BCUT2D eigenvalue weighted by Crippen LogP contribution is 2.16. The van der Waals surface area contributed by atoms with E-state index in [4.69, 9.17) is 5.73 Å². The van der Waals surface area contributed by atoms with Gasteiger partial charge in [-0.05, 0) is 20.4 Å². The second-order valence-corrected chi connectivity index (χ2v) is 4.65. The van der Waals surface area contributed by atoms with Crippen molar-refractivity contribution in [2.45, 2.75) is 45.8 Å². The number of nitrogens with zero attached hydrogens (tertiary/aromatic N) is 1. The Balaban J connectivity index is 2.74. The van der Waals surface area contributed by atoms with E-state index in [2.05, 4.69) is 18.7 Å². The van der Waals surface area contributed by atoms with Crippen molar-refractivity contribution in [3.8, 4) is 0 Å². The summed E-state index contributed by atoms with van der Waals surface area (Å²) < 4.78 is 14.0. The Morgan fingerprint density at radius 3 is 2.59 bits per heavy atom. The van der Waals surface area contributed by atoms with E-state index in [0.717, 1.165) is 18.4 Å². The minimum absolute atomic E-state index is 0.148. The van der Waals surface area contributed by atoms with Crippen LogP contribution in [-0.4, -0.2) is 18.0 Å². The van der Waals surface area contributed by atoms with Crippen LogP contribution in [0.4, 0.5) is 4.39 Å². The Kier molecular flexibility index (Phi) is 5.59. The average Bonchev–Trinajstić information content (AvgIpc) is 2.32.